The summed E-state index contributed by atoms with van der Waals surface area (Å²) in [4.78, 5) is 16.5. The number of anilines is 3. The van der Waals surface area contributed by atoms with Gasteiger partial charge in [-0.1, -0.05) is 91.0 Å². The molecule has 10 rings (SSSR count). The fourth-order valence-corrected chi connectivity index (χ4v) is 9.61. The molecule has 0 saturated carbocycles. The van der Waals surface area contributed by atoms with E-state index in [-0.39, 0.29) is 28.0 Å². The van der Waals surface area contributed by atoms with Gasteiger partial charge < -0.3 is 4.90 Å². The van der Waals surface area contributed by atoms with Crippen molar-refractivity contribution < 1.29 is 13.6 Å². The van der Waals surface area contributed by atoms with Crippen molar-refractivity contribution in [1.29, 1.82) is 0 Å². The van der Waals surface area contributed by atoms with Crippen LogP contribution in [-0.4, -0.2) is 5.78 Å². The van der Waals surface area contributed by atoms with Crippen molar-refractivity contribution in [1.82, 2.24) is 0 Å². The van der Waals surface area contributed by atoms with E-state index in [1.54, 1.807) is 24.3 Å². The van der Waals surface area contributed by atoms with Gasteiger partial charge in [0.25, 0.3) is 5.92 Å². The highest BCUT2D eigenvalue weighted by Gasteiger charge is 2.54. The third kappa shape index (κ3) is 4.27. The topological polar surface area (TPSA) is 20.3 Å². The number of nitrogens with zero attached hydrogens (tertiary/aromatic N) is 1. The van der Waals surface area contributed by atoms with Gasteiger partial charge in [-0.3, -0.25) is 4.79 Å². The minimum atomic E-state index is -3.32. The average molecular weight is 692 g/mol. The highest BCUT2D eigenvalue weighted by Crippen LogP contribution is 2.64. The molecule has 0 radical (unpaired) electrons. The Kier molecular flexibility index (Phi) is 6.52. The van der Waals surface area contributed by atoms with Crippen LogP contribution in [0.2, 0.25) is 0 Å². The van der Waals surface area contributed by atoms with Gasteiger partial charge in [-0.15, -0.1) is 0 Å². The molecular weight excluding hydrogens is 657 g/mol. The molecule has 4 heteroatoms. The number of fused-ring (bicyclic) bond motifs is 12. The van der Waals surface area contributed by atoms with E-state index in [2.05, 4.69) is 118 Å². The number of carbonyl (C=O) groups excluding carboxylic acids is 1. The molecule has 0 bridgehead atoms. The normalized spacial score (nSPS) is 16.8. The Labute approximate surface area is 308 Å². The zero-order chi connectivity index (χ0) is 36.4. The summed E-state index contributed by atoms with van der Waals surface area (Å²) >= 11 is 0. The molecule has 53 heavy (non-hydrogen) atoms. The first-order chi connectivity index (χ1) is 25.6. The SMILES string of the molecule is Cc1cc(C)cc(N(c2cc(C)cc(C)c2)c2ccc3c(c2)C2(c4ccccc4-3)c3ccccc3-c3cc4c(cc32)C(=O)c2ccccc2C4(F)F)c1. The Morgan fingerprint density at radius 2 is 0.849 bits per heavy atom. The molecule has 0 aromatic heterocycles. The van der Waals surface area contributed by atoms with Crippen LogP contribution < -0.4 is 4.90 Å². The van der Waals surface area contributed by atoms with Crippen LogP contribution in [0, 0.1) is 27.7 Å². The molecule has 0 aliphatic heterocycles. The van der Waals surface area contributed by atoms with Crippen molar-refractivity contribution >= 4 is 22.8 Å². The minimum Gasteiger partial charge on any atom is -0.310 e. The van der Waals surface area contributed by atoms with Crippen molar-refractivity contribution in [3.8, 4) is 22.3 Å². The van der Waals surface area contributed by atoms with E-state index in [4.69, 9.17) is 0 Å². The summed E-state index contributed by atoms with van der Waals surface area (Å²) in [5.41, 5.74) is 14.5. The van der Waals surface area contributed by atoms with Gasteiger partial charge in [-0.05, 0) is 143 Å². The number of ketones is 1. The lowest BCUT2D eigenvalue weighted by molar-refractivity contribution is 0.0377. The van der Waals surface area contributed by atoms with E-state index in [1.165, 1.54) is 34.4 Å². The summed E-state index contributed by atoms with van der Waals surface area (Å²) in [5, 5.41) is 0. The monoisotopic (exact) mass is 691 g/mol. The predicted molar refractivity (Wildman–Crippen MR) is 209 cm³/mol. The molecule has 1 unspecified atom stereocenters. The van der Waals surface area contributed by atoms with Crippen LogP contribution in [0.5, 0.6) is 0 Å². The molecule has 0 amide bonds. The Hall–Kier alpha value is -6.13. The van der Waals surface area contributed by atoms with Crippen LogP contribution in [0.3, 0.4) is 0 Å². The van der Waals surface area contributed by atoms with E-state index < -0.39 is 11.3 Å². The molecule has 7 aromatic rings. The van der Waals surface area contributed by atoms with E-state index in [1.807, 2.05) is 18.2 Å². The average Bonchev–Trinajstić information content (AvgIpc) is 3.59. The minimum absolute atomic E-state index is 0.0570. The number of hydrogen-bond acceptors (Lipinski definition) is 2. The first-order valence-corrected chi connectivity index (χ1v) is 18.1. The Bertz CT molecular complexity index is 2650. The summed E-state index contributed by atoms with van der Waals surface area (Å²) in [6.45, 7) is 8.50. The van der Waals surface area contributed by atoms with Gasteiger partial charge in [0.1, 0.15) is 0 Å². The van der Waals surface area contributed by atoms with E-state index in [0.717, 1.165) is 61.6 Å². The van der Waals surface area contributed by atoms with Gasteiger partial charge >= 0.3 is 0 Å². The van der Waals surface area contributed by atoms with Crippen LogP contribution in [0.15, 0.2) is 140 Å². The second-order valence-corrected chi connectivity index (χ2v) is 15.0. The highest BCUT2D eigenvalue weighted by atomic mass is 19.3. The zero-order valence-corrected chi connectivity index (χ0v) is 29.9. The largest absolute Gasteiger partial charge is 0.310 e. The van der Waals surface area contributed by atoms with Gasteiger partial charge in [0, 0.05) is 39.3 Å². The third-order valence-electron chi connectivity index (χ3n) is 11.5. The first-order valence-electron chi connectivity index (χ1n) is 18.1. The second kappa shape index (κ2) is 10.9. The molecule has 256 valence electrons. The number of rotatable bonds is 3. The maximum Gasteiger partial charge on any atom is 0.299 e. The van der Waals surface area contributed by atoms with E-state index in [9.17, 15) is 4.79 Å². The van der Waals surface area contributed by atoms with Crippen molar-refractivity contribution in [2.75, 3.05) is 4.90 Å². The Morgan fingerprint density at radius 1 is 0.396 bits per heavy atom. The van der Waals surface area contributed by atoms with Crippen LogP contribution in [0.1, 0.15) is 71.6 Å². The fraction of sp³-hybridized carbons (Fsp3) is 0.122. The molecule has 1 spiro atoms. The molecule has 0 heterocycles. The van der Waals surface area contributed by atoms with Gasteiger partial charge in [-0.2, -0.15) is 8.78 Å². The van der Waals surface area contributed by atoms with Gasteiger partial charge in [0.15, 0.2) is 5.78 Å². The van der Waals surface area contributed by atoms with Crippen LogP contribution >= 0.6 is 0 Å². The lowest BCUT2D eigenvalue weighted by atomic mass is 9.69. The molecule has 3 aliphatic carbocycles. The first kappa shape index (κ1) is 31.6. The van der Waals surface area contributed by atoms with Crippen molar-refractivity contribution in [2.45, 2.75) is 39.0 Å². The van der Waals surface area contributed by atoms with Crippen molar-refractivity contribution in [3.05, 3.63) is 206 Å². The maximum absolute atomic E-state index is 16.5. The van der Waals surface area contributed by atoms with Gasteiger partial charge in [0.2, 0.25) is 0 Å². The smallest absolute Gasteiger partial charge is 0.299 e. The number of carbonyl (C=O) groups is 1. The quantitative estimate of drug-likeness (QED) is 0.184. The lowest BCUT2D eigenvalue weighted by Crippen LogP contribution is -2.30. The molecule has 7 aromatic carbocycles. The van der Waals surface area contributed by atoms with Crippen LogP contribution in [0.25, 0.3) is 22.3 Å². The summed E-state index contributed by atoms with van der Waals surface area (Å²) in [5.74, 6) is -3.69. The lowest BCUT2D eigenvalue weighted by Gasteiger charge is -2.33. The molecule has 0 N–H and O–H groups in total. The van der Waals surface area contributed by atoms with Crippen LogP contribution in [-0.2, 0) is 11.3 Å². The maximum atomic E-state index is 16.5. The zero-order valence-electron chi connectivity index (χ0n) is 29.9. The number of hydrogen-bond donors (Lipinski definition) is 0. The van der Waals surface area contributed by atoms with Crippen molar-refractivity contribution in [2.24, 2.45) is 0 Å². The molecule has 3 aliphatic rings. The number of halogens is 2. The van der Waals surface area contributed by atoms with Gasteiger partial charge in [-0.25, -0.2) is 0 Å². The number of benzene rings is 7. The summed E-state index contributed by atoms with van der Waals surface area (Å²) in [6.07, 6.45) is 0. The Morgan fingerprint density at radius 3 is 1.43 bits per heavy atom. The molecule has 0 saturated heterocycles. The highest BCUT2D eigenvalue weighted by molar-refractivity contribution is 6.14. The Balaban J connectivity index is 1.29. The van der Waals surface area contributed by atoms with E-state index >= 15 is 8.78 Å². The third-order valence-corrected chi connectivity index (χ3v) is 11.5. The summed E-state index contributed by atoms with van der Waals surface area (Å²) in [6, 6.07) is 46.1. The molecule has 0 fully saturated rings. The van der Waals surface area contributed by atoms with E-state index in [0.29, 0.717) is 0 Å². The van der Waals surface area contributed by atoms with Crippen molar-refractivity contribution in [3.63, 3.8) is 0 Å². The number of aryl methyl sites for hydroxylation is 4. The standard InChI is InChI=1S/C49H35F2NO/c1-28-19-29(2)22-33(21-28)52(34-23-30(3)20-31(4)24-34)32-17-18-37-35-11-5-8-14-41(35)48(44(37)25-32)42-15-9-6-12-36(42)39-26-46-40(27-45(39)48)47(53)38-13-7-10-16-43(38)49(46,50)51/h5-27H,1-4H3. The molecule has 1 atom stereocenters. The summed E-state index contributed by atoms with van der Waals surface area (Å²) < 4.78 is 32.9. The van der Waals surface area contributed by atoms with Gasteiger partial charge in [0.05, 0.1) is 5.41 Å². The second-order valence-electron chi connectivity index (χ2n) is 15.0. The number of alkyl halides is 2. The summed E-state index contributed by atoms with van der Waals surface area (Å²) in [7, 11) is 0. The fourth-order valence-electron chi connectivity index (χ4n) is 9.61. The predicted octanol–water partition coefficient (Wildman–Crippen LogP) is 12.4. The molecular formula is C49H35F2NO. The molecule has 2 nitrogen and oxygen atoms in total. The van der Waals surface area contributed by atoms with Crippen LogP contribution in [0.4, 0.5) is 25.8 Å².